The van der Waals surface area contributed by atoms with E-state index in [1.165, 1.54) is 11.3 Å². The first-order valence-corrected chi connectivity index (χ1v) is 11.2. The van der Waals surface area contributed by atoms with Crippen LogP contribution in [0.3, 0.4) is 0 Å². The average Bonchev–Trinajstić information content (AvgIpc) is 3.21. The zero-order valence-corrected chi connectivity index (χ0v) is 18.4. The van der Waals surface area contributed by atoms with Crippen LogP contribution in [0.15, 0.2) is 29.4 Å². The number of benzene rings is 1. The molecular formula is C21H23N7O3S. The maximum atomic E-state index is 12.6. The number of nitrogens with zero attached hydrogens (tertiary/aromatic N) is 5. The molecule has 1 amide bonds. The SMILES string of the molecule is Cc1cccc(/C=N/Nc2nc(N3CCOCC3)c3nc(C(=O)NC4COC4)sc3n2)c1. The highest BCUT2D eigenvalue weighted by Gasteiger charge is 2.25. The Labute approximate surface area is 188 Å². The highest BCUT2D eigenvalue weighted by molar-refractivity contribution is 7.20. The van der Waals surface area contributed by atoms with Crippen LogP contribution < -0.4 is 15.6 Å². The Bertz CT molecular complexity index is 1160. The van der Waals surface area contributed by atoms with E-state index in [0.29, 0.717) is 66.6 Å². The topological polar surface area (TPSA) is 114 Å². The molecule has 0 atom stereocenters. The molecule has 0 unspecified atom stereocenters. The van der Waals surface area contributed by atoms with Gasteiger partial charge < -0.3 is 19.7 Å². The second-order valence-electron chi connectivity index (χ2n) is 7.64. The van der Waals surface area contributed by atoms with Crippen LogP contribution in [0.5, 0.6) is 0 Å². The predicted molar refractivity (Wildman–Crippen MR) is 123 cm³/mol. The molecule has 4 heterocycles. The molecule has 2 N–H and O–H groups in total. The first-order valence-electron chi connectivity index (χ1n) is 10.4. The molecule has 2 aliphatic heterocycles. The van der Waals surface area contributed by atoms with Crippen LogP contribution in [0, 0.1) is 6.92 Å². The molecule has 0 bridgehead atoms. The van der Waals surface area contributed by atoms with Crippen LogP contribution in [0.25, 0.3) is 10.3 Å². The Morgan fingerprint density at radius 1 is 1.22 bits per heavy atom. The van der Waals surface area contributed by atoms with Gasteiger partial charge in [0.25, 0.3) is 5.91 Å². The second kappa shape index (κ2) is 9.15. The molecule has 2 saturated heterocycles. The Balaban J connectivity index is 1.43. The number of nitrogens with one attached hydrogen (secondary N) is 2. The number of thiazole rings is 1. The number of hydrogen-bond acceptors (Lipinski definition) is 10. The number of morpholine rings is 1. The Morgan fingerprint density at radius 2 is 2.06 bits per heavy atom. The first-order chi connectivity index (χ1) is 15.7. The Morgan fingerprint density at radius 3 is 2.81 bits per heavy atom. The summed E-state index contributed by atoms with van der Waals surface area (Å²) in [5.41, 5.74) is 5.67. The van der Waals surface area contributed by atoms with Crippen LogP contribution in [-0.4, -0.2) is 72.6 Å². The molecule has 3 aromatic rings. The third kappa shape index (κ3) is 4.54. The summed E-state index contributed by atoms with van der Waals surface area (Å²) in [7, 11) is 0. The van der Waals surface area contributed by atoms with Crippen molar-refractivity contribution in [3.05, 3.63) is 40.4 Å². The standard InChI is InChI=1S/C21H23N7O3S/c1-13-3-2-4-14(9-13)10-22-27-21-25-17(28-5-7-30-8-6-28)16-19(26-21)32-20(24-16)18(29)23-15-11-31-12-15/h2-4,9-10,15H,5-8,11-12H2,1H3,(H,23,29)(H,25,26,27)/b22-10+. The Hall–Kier alpha value is -3.15. The van der Waals surface area contributed by atoms with Gasteiger partial charge in [-0.25, -0.2) is 10.4 Å². The van der Waals surface area contributed by atoms with E-state index in [9.17, 15) is 4.79 Å². The smallest absolute Gasteiger partial charge is 0.280 e. The van der Waals surface area contributed by atoms with Gasteiger partial charge in [0.05, 0.1) is 38.7 Å². The van der Waals surface area contributed by atoms with Gasteiger partial charge in [-0.05, 0) is 12.5 Å². The molecule has 10 nitrogen and oxygen atoms in total. The molecular weight excluding hydrogens is 430 g/mol. The molecule has 1 aromatic carbocycles. The van der Waals surface area contributed by atoms with Gasteiger partial charge in [0, 0.05) is 13.1 Å². The maximum absolute atomic E-state index is 12.6. The summed E-state index contributed by atoms with van der Waals surface area (Å²) in [5, 5.41) is 7.58. The fourth-order valence-electron chi connectivity index (χ4n) is 3.43. The van der Waals surface area contributed by atoms with Crippen molar-refractivity contribution in [2.24, 2.45) is 5.10 Å². The van der Waals surface area contributed by atoms with Crippen LogP contribution in [0.2, 0.25) is 0 Å². The zero-order chi connectivity index (χ0) is 21.9. The monoisotopic (exact) mass is 453 g/mol. The van der Waals surface area contributed by atoms with Gasteiger partial charge in [-0.2, -0.15) is 15.1 Å². The minimum Gasteiger partial charge on any atom is -0.378 e. The van der Waals surface area contributed by atoms with Gasteiger partial charge in [-0.15, -0.1) is 0 Å². The van der Waals surface area contributed by atoms with Crippen LogP contribution >= 0.6 is 11.3 Å². The third-order valence-electron chi connectivity index (χ3n) is 5.14. The lowest BCUT2D eigenvalue weighted by atomic mass is 10.2. The number of carbonyl (C=O) groups is 1. The van der Waals surface area contributed by atoms with Crippen molar-refractivity contribution in [3.63, 3.8) is 0 Å². The number of carbonyl (C=O) groups excluding carboxylic acids is 1. The summed E-state index contributed by atoms with van der Waals surface area (Å²) in [6.45, 7) is 5.70. The molecule has 0 spiro atoms. The number of aromatic nitrogens is 3. The number of rotatable bonds is 6. The van der Waals surface area contributed by atoms with E-state index in [-0.39, 0.29) is 11.9 Å². The Kier molecular flexibility index (Phi) is 5.93. The average molecular weight is 454 g/mol. The van der Waals surface area contributed by atoms with Crippen molar-refractivity contribution in [2.45, 2.75) is 13.0 Å². The zero-order valence-electron chi connectivity index (χ0n) is 17.6. The van der Waals surface area contributed by atoms with Crippen molar-refractivity contribution in [1.82, 2.24) is 20.3 Å². The number of ether oxygens (including phenoxy) is 2. The van der Waals surface area contributed by atoms with E-state index in [1.54, 1.807) is 6.21 Å². The fraction of sp³-hybridized carbons (Fsp3) is 0.381. The lowest BCUT2D eigenvalue weighted by Gasteiger charge is -2.28. The number of hydrogen-bond donors (Lipinski definition) is 2. The van der Waals surface area contributed by atoms with Crippen LogP contribution in [0.1, 0.15) is 20.9 Å². The molecule has 32 heavy (non-hydrogen) atoms. The molecule has 0 saturated carbocycles. The lowest BCUT2D eigenvalue weighted by molar-refractivity contribution is -0.00346. The van der Waals surface area contributed by atoms with E-state index in [1.807, 2.05) is 31.2 Å². The number of aryl methyl sites for hydroxylation is 1. The van der Waals surface area contributed by atoms with E-state index < -0.39 is 0 Å². The molecule has 0 radical (unpaired) electrons. The molecule has 166 valence electrons. The van der Waals surface area contributed by atoms with E-state index >= 15 is 0 Å². The van der Waals surface area contributed by atoms with Crippen LogP contribution in [-0.2, 0) is 9.47 Å². The molecule has 2 fully saturated rings. The number of amides is 1. The van der Waals surface area contributed by atoms with Gasteiger partial charge in [0.15, 0.2) is 15.7 Å². The van der Waals surface area contributed by atoms with Crippen molar-refractivity contribution >= 4 is 45.6 Å². The molecule has 0 aliphatic carbocycles. The lowest BCUT2D eigenvalue weighted by Crippen LogP contribution is -2.48. The van der Waals surface area contributed by atoms with Crippen molar-refractivity contribution in [3.8, 4) is 0 Å². The third-order valence-corrected chi connectivity index (χ3v) is 6.09. The van der Waals surface area contributed by atoms with Gasteiger partial charge >= 0.3 is 0 Å². The van der Waals surface area contributed by atoms with Gasteiger partial charge in [0.1, 0.15) is 5.52 Å². The summed E-state index contributed by atoms with van der Waals surface area (Å²) in [6.07, 6.45) is 1.72. The molecule has 2 aromatic heterocycles. The summed E-state index contributed by atoms with van der Waals surface area (Å²) < 4.78 is 10.6. The maximum Gasteiger partial charge on any atom is 0.280 e. The summed E-state index contributed by atoms with van der Waals surface area (Å²) in [5.74, 6) is 0.806. The summed E-state index contributed by atoms with van der Waals surface area (Å²) in [6, 6.07) is 8.06. The summed E-state index contributed by atoms with van der Waals surface area (Å²) >= 11 is 1.24. The molecule has 2 aliphatic rings. The summed E-state index contributed by atoms with van der Waals surface area (Å²) in [4.78, 5) is 29.1. The normalized spacial score (nSPS) is 17.0. The van der Waals surface area contributed by atoms with Gasteiger partial charge in [-0.3, -0.25) is 4.79 Å². The number of hydrazone groups is 1. The van der Waals surface area contributed by atoms with E-state index in [2.05, 4.69) is 35.7 Å². The van der Waals surface area contributed by atoms with Crippen LogP contribution in [0.4, 0.5) is 11.8 Å². The van der Waals surface area contributed by atoms with Crippen molar-refractivity contribution in [2.75, 3.05) is 49.8 Å². The first kappa shape index (κ1) is 20.7. The highest BCUT2D eigenvalue weighted by Crippen LogP contribution is 2.30. The highest BCUT2D eigenvalue weighted by atomic mass is 32.1. The largest absolute Gasteiger partial charge is 0.378 e. The van der Waals surface area contributed by atoms with Crippen molar-refractivity contribution < 1.29 is 14.3 Å². The minimum atomic E-state index is -0.221. The number of anilines is 2. The predicted octanol–water partition coefficient (Wildman–Crippen LogP) is 1.81. The second-order valence-corrected chi connectivity index (χ2v) is 8.61. The number of fused-ring (bicyclic) bond motifs is 1. The fourth-order valence-corrected chi connectivity index (χ4v) is 4.27. The van der Waals surface area contributed by atoms with Gasteiger partial charge in [0.2, 0.25) is 5.95 Å². The molecule has 5 rings (SSSR count). The van der Waals surface area contributed by atoms with Gasteiger partial charge in [-0.1, -0.05) is 41.2 Å². The van der Waals surface area contributed by atoms with Crippen molar-refractivity contribution in [1.29, 1.82) is 0 Å². The van der Waals surface area contributed by atoms with E-state index in [4.69, 9.17) is 9.47 Å². The van der Waals surface area contributed by atoms with E-state index in [0.717, 1.165) is 11.1 Å². The molecule has 11 heteroatoms. The quantitative estimate of drug-likeness (QED) is 0.429. The minimum absolute atomic E-state index is 0.0347.